The van der Waals surface area contributed by atoms with Crippen molar-refractivity contribution in [3.63, 3.8) is 0 Å². The Kier molecular flexibility index (Phi) is 19.9. The summed E-state index contributed by atoms with van der Waals surface area (Å²) in [5.74, 6) is -0.755. The smallest absolute Gasteiger partial charge is 0.276 e. The molecule has 1 atom stereocenters. The van der Waals surface area contributed by atoms with Gasteiger partial charge in [0.1, 0.15) is 0 Å². The number of aromatic nitrogens is 2. The quantitative estimate of drug-likeness (QED) is 0.0572. The van der Waals surface area contributed by atoms with Gasteiger partial charge in [0.15, 0.2) is 5.69 Å². The van der Waals surface area contributed by atoms with Crippen molar-refractivity contribution in [3.05, 3.63) is 102 Å². The van der Waals surface area contributed by atoms with Gasteiger partial charge >= 0.3 is 0 Å². The highest BCUT2D eigenvalue weighted by Crippen LogP contribution is 2.24. The maximum Gasteiger partial charge on any atom is 0.276 e. The SMILES string of the molecule is CCC=CCC=CCC=CCC=CCC=CCC=CCCC(=O)NCCN1C(=O)CC(SCCNC(=O)c2c[n+]([O-])c(C)cn2)C1=O. The van der Waals surface area contributed by atoms with E-state index in [1.54, 1.807) is 6.92 Å². The number of hydrogen-bond donors (Lipinski definition) is 2. The average molecular weight is 664 g/mol. The number of nitrogens with zero attached hydrogens (tertiary/aromatic N) is 3. The third-order valence-electron chi connectivity index (χ3n) is 6.91. The van der Waals surface area contributed by atoms with Crippen LogP contribution in [0.3, 0.4) is 0 Å². The molecule has 2 rings (SSSR count). The Bertz CT molecular complexity index is 1330. The van der Waals surface area contributed by atoms with Crippen molar-refractivity contribution in [1.29, 1.82) is 0 Å². The summed E-state index contributed by atoms with van der Waals surface area (Å²) in [6, 6.07) is 0. The Hall–Kier alpha value is -4.25. The van der Waals surface area contributed by atoms with Crippen LogP contribution in [0, 0.1) is 12.1 Å². The first kappa shape index (κ1) is 38.9. The Morgan fingerprint density at radius 3 is 2.06 bits per heavy atom. The van der Waals surface area contributed by atoms with Crippen molar-refractivity contribution in [2.45, 2.75) is 76.9 Å². The second-order valence-electron chi connectivity index (χ2n) is 10.7. The molecule has 2 N–H and O–H groups in total. The highest BCUT2D eigenvalue weighted by Gasteiger charge is 2.38. The standard InChI is InChI=1S/C36H49N5O5S/c1-3-4-5-6-7-8-9-10-11-12-13-14-15-16-17-18-19-20-21-22-33(42)37-23-25-40-34(43)27-32(36(40)45)47-26-24-38-35(44)31-29-41(46)30(2)28-39-31/h4-5,7-8,10-11,13-14,16-17,19-20,28-29,32H,3,6,9,12,15,18,21-27H2,1-2H3,(H,37,42)(H,38,44). The number of hydrogen-bond acceptors (Lipinski definition) is 7. The van der Waals surface area contributed by atoms with Gasteiger partial charge < -0.3 is 15.8 Å². The fourth-order valence-corrected chi connectivity index (χ4v) is 5.34. The predicted octanol–water partition coefficient (Wildman–Crippen LogP) is 5.21. The molecule has 0 spiro atoms. The number of likely N-dealkylation sites (tertiary alicyclic amines) is 1. The number of allylic oxidation sites excluding steroid dienone is 12. The topological polar surface area (TPSA) is 135 Å². The molecule has 2 heterocycles. The van der Waals surface area contributed by atoms with Gasteiger partial charge in [0, 0.05) is 45.2 Å². The number of carbonyl (C=O) groups is 4. The highest BCUT2D eigenvalue weighted by atomic mass is 32.2. The van der Waals surface area contributed by atoms with E-state index in [4.69, 9.17) is 0 Å². The minimum atomic E-state index is -0.524. The number of thioether (sulfide) groups is 1. The van der Waals surface area contributed by atoms with Crippen LogP contribution in [-0.4, -0.2) is 64.1 Å². The molecule has 4 amide bonds. The van der Waals surface area contributed by atoms with E-state index >= 15 is 0 Å². The molecule has 0 bridgehead atoms. The van der Waals surface area contributed by atoms with Crippen molar-refractivity contribution < 1.29 is 23.9 Å². The molecule has 1 aliphatic rings. The van der Waals surface area contributed by atoms with Gasteiger partial charge in [0.25, 0.3) is 5.91 Å². The van der Waals surface area contributed by atoms with Gasteiger partial charge in [-0.15, -0.1) is 11.8 Å². The van der Waals surface area contributed by atoms with Gasteiger partial charge in [-0.25, -0.2) is 4.98 Å². The second kappa shape index (κ2) is 24.0. The summed E-state index contributed by atoms with van der Waals surface area (Å²) in [6.07, 6.45) is 34.8. The van der Waals surface area contributed by atoms with Gasteiger partial charge in [-0.2, -0.15) is 4.73 Å². The molecule has 0 aliphatic carbocycles. The largest absolute Gasteiger partial charge is 0.618 e. The molecular weight excluding hydrogens is 614 g/mol. The average Bonchev–Trinajstić information content (AvgIpc) is 3.32. The number of aryl methyl sites for hydroxylation is 1. The molecule has 1 fully saturated rings. The summed E-state index contributed by atoms with van der Waals surface area (Å²) in [6.45, 7) is 4.31. The van der Waals surface area contributed by atoms with Crippen LogP contribution in [0.2, 0.25) is 0 Å². The molecule has 1 aromatic rings. The lowest BCUT2D eigenvalue weighted by Gasteiger charge is -2.15. The van der Waals surface area contributed by atoms with Gasteiger partial charge in [0.05, 0.1) is 11.4 Å². The van der Waals surface area contributed by atoms with Crippen molar-refractivity contribution in [1.82, 2.24) is 20.5 Å². The van der Waals surface area contributed by atoms with Gasteiger partial charge in [-0.1, -0.05) is 79.8 Å². The summed E-state index contributed by atoms with van der Waals surface area (Å²) in [5, 5.41) is 16.5. The summed E-state index contributed by atoms with van der Waals surface area (Å²) in [7, 11) is 0. The molecule has 1 unspecified atom stereocenters. The number of amides is 4. The number of imide groups is 1. The summed E-state index contributed by atoms with van der Waals surface area (Å²) < 4.78 is 0.573. The number of carbonyl (C=O) groups excluding carboxylic acids is 4. The van der Waals surface area contributed by atoms with Crippen molar-refractivity contribution in [2.24, 2.45) is 0 Å². The van der Waals surface area contributed by atoms with Crippen LogP contribution >= 0.6 is 11.8 Å². The molecule has 0 aromatic carbocycles. The zero-order valence-corrected chi connectivity index (χ0v) is 28.5. The predicted molar refractivity (Wildman–Crippen MR) is 188 cm³/mol. The minimum absolute atomic E-state index is 0.00769. The first-order valence-corrected chi connectivity index (χ1v) is 17.3. The van der Waals surface area contributed by atoms with Crippen LogP contribution in [0.25, 0.3) is 0 Å². The van der Waals surface area contributed by atoms with Gasteiger partial charge in [0.2, 0.25) is 29.6 Å². The maximum absolute atomic E-state index is 12.7. The molecule has 0 saturated carbocycles. The fourth-order valence-electron chi connectivity index (χ4n) is 4.31. The Morgan fingerprint density at radius 2 is 1.49 bits per heavy atom. The normalized spacial score (nSPS) is 15.6. The lowest BCUT2D eigenvalue weighted by Crippen LogP contribution is -2.39. The molecule has 47 heavy (non-hydrogen) atoms. The van der Waals surface area contributed by atoms with Gasteiger partial charge in [-0.3, -0.25) is 24.1 Å². The zero-order valence-electron chi connectivity index (χ0n) is 27.6. The van der Waals surface area contributed by atoms with E-state index in [9.17, 15) is 24.4 Å². The molecular formula is C36H49N5O5S. The van der Waals surface area contributed by atoms with E-state index in [-0.39, 0.29) is 49.5 Å². The van der Waals surface area contributed by atoms with E-state index in [0.29, 0.717) is 29.0 Å². The molecule has 1 aliphatic heterocycles. The lowest BCUT2D eigenvalue weighted by molar-refractivity contribution is -0.613. The molecule has 1 aromatic heterocycles. The van der Waals surface area contributed by atoms with Crippen LogP contribution in [0.1, 0.15) is 80.9 Å². The van der Waals surface area contributed by atoms with E-state index in [1.807, 2.05) is 12.2 Å². The van der Waals surface area contributed by atoms with Crippen molar-refractivity contribution in [2.75, 3.05) is 25.4 Å². The van der Waals surface area contributed by atoms with Crippen LogP contribution in [0.15, 0.2) is 85.3 Å². The van der Waals surface area contributed by atoms with E-state index in [1.165, 1.54) is 22.9 Å². The third-order valence-corrected chi connectivity index (χ3v) is 8.12. The van der Waals surface area contributed by atoms with Crippen LogP contribution in [0.5, 0.6) is 0 Å². The van der Waals surface area contributed by atoms with E-state index in [2.05, 4.69) is 83.3 Å². The summed E-state index contributed by atoms with van der Waals surface area (Å²) in [5.41, 5.74) is 0.389. The first-order valence-electron chi connectivity index (χ1n) is 16.3. The zero-order chi connectivity index (χ0) is 34.1. The van der Waals surface area contributed by atoms with Gasteiger partial charge in [-0.05, 0) is 44.9 Å². The summed E-state index contributed by atoms with van der Waals surface area (Å²) in [4.78, 5) is 54.5. The van der Waals surface area contributed by atoms with E-state index in [0.717, 1.165) is 44.7 Å². The Labute approximate surface area is 283 Å². The minimum Gasteiger partial charge on any atom is -0.618 e. The molecule has 254 valence electrons. The molecule has 1 saturated heterocycles. The number of rotatable bonds is 22. The summed E-state index contributed by atoms with van der Waals surface area (Å²) >= 11 is 1.29. The molecule has 10 nitrogen and oxygen atoms in total. The Balaban J connectivity index is 1.50. The van der Waals surface area contributed by atoms with Crippen LogP contribution < -0.4 is 15.4 Å². The second-order valence-corrected chi connectivity index (χ2v) is 12.1. The monoisotopic (exact) mass is 663 g/mol. The van der Waals surface area contributed by atoms with Crippen molar-refractivity contribution in [3.8, 4) is 0 Å². The number of nitrogens with one attached hydrogen (secondary N) is 2. The van der Waals surface area contributed by atoms with Crippen molar-refractivity contribution >= 4 is 35.4 Å². The van der Waals surface area contributed by atoms with Crippen LogP contribution in [0.4, 0.5) is 0 Å². The lowest BCUT2D eigenvalue weighted by atomic mass is 10.2. The maximum atomic E-state index is 12.7. The first-order chi connectivity index (χ1) is 22.8. The fraction of sp³-hybridized carbons (Fsp3) is 0.444. The highest BCUT2D eigenvalue weighted by molar-refractivity contribution is 8.00. The Morgan fingerprint density at radius 1 is 0.915 bits per heavy atom. The van der Waals surface area contributed by atoms with Crippen LogP contribution in [-0.2, 0) is 14.4 Å². The molecule has 11 heteroatoms. The third kappa shape index (κ3) is 16.8. The van der Waals surface area contributed by atoms with E-state index < -0.39 is 11.2 Å². The molecule has 0 radical (unpaired) electrons.